The Hall–Kier alpha value is -3.57. The van der Waals surface area contributed by atoms with E-state index in [4.69, 9.17) is 4.74 Å². The van der Waals surface area contributed by atoms with Crippen LogP contribution >= 0.6 is 11.8 Å². The maximum absolute atomic E-state index is 14.8. The fourth-order valence-corrected chi connectivity index (χ4v) is 4.99. The second-order valence-electron chi connectivity index (χ2n) is 8.09. The summed E-state index contributed by atoms with van der Waals surface area (Å²) in [4.78, 5) is 25.6. The van der Waals surface area contributed by atoms with Crippen molar-refractivity contribution < 1.29 is 35.9 Å². The molecule has 0 radical (unpaired) electrons. The van der Waals surface area contributed by atoms with Crippen molar-refractivity contribution in [1.82, 2.24) is 4.90 Å². The van der Waals surface area contributed by atoms with Gasteiger partial charge in [0.15, 0.2) is 15.7 Å². The molecule has 6 nitrogen and oxygen atoms in total. The number of ether oxygens (including phenoxy) is 1. The van der Waals surface area contributed by atoms with Crippen LogP contribution in [0.25, 0.3) is 0 Å². The lowest BCUT2D eigenvalue weighted by Crippen LogP contribution is -2.30. The fraction of sp³-hybridized carbons (Fsp3) is 0.154. The molecule has 0 N–H and O–H groups in total. The Labute approximate surface area is 215 Å². The molecular weight excluding hydrogens is 527 g/mol. The van der Waals surface area contributed by atoms with E-state index in [1.807, 2.05) is 0 Å². The molecule has 0 saturated heterocycles. The number of hydrogen-bond donors (Lipinski definition) is 0. The van der Waals surface area contributed by atoms with E-state index in [0.29, 0.717) is 16.5 Å². The molecule has 3 aromatic carbocycles. The number of sulfone groups is 1. The van der Waals surface area contributed by atoms with Gasteiger partial charge < -0.3 is 4.74 Å². The first kappa shape index (κ1) is 26.5. The summed E-state index contributed by atoms with van der Waals surface area (Å²) in [6.07, 6.45) is 1.60. The number of carbonyl (C=O) groups excluding carboxylic acids is 2. The van der Waals surface area contributed by atoms with Crippen LogP contribution in [0.1, 0.15) is 26.3 Å². The van der Waals surface area contributed by atoms with E-state index in [-0.39, 0.29) is 45.0 Å². The molecule has 0 bridgehead atoms. The van der Waals surface area contributed by atoms with E-state index in [1.165, 1.54) is 42.5 Å². The monoisotopic (exact) mass is 547 g/mol. The molecule has 192 valence electrons. The van der Waals surface area contributed by atoms with Crippen LogP contribution < -0.4 is 4.74 Å². The molecule has 1 aliphatic rings. The lowest BCUT2D eigenvalue weighted by molar-refractivity contribution is 0.0667. The van der Waals surface area contributed by atoms with Crippen molar-refractivity contribution in [2.75, 3.05) is 12.8 Å². The van der Waals surface area contributed by atoms with Crippen LogP contribution in [0.3, 0.4) is 0 Å². The number of benzene rings is 3. The minimum absolute atomic E-state index is 0.0365. The summed E-state index contributed by atoms with van der Waals surface area (Å²) in [5.74, 6) is -3.08. The summed E-state index contributed by atoms with van der Waals surface area (Å²) in [6.45, 7) is -0.679. The number of fused-ring (bicyclic) bond motifs is 1. The van der Waals surface area contributed by atoms with Crippen LogP contribution in [0.4, 0.5) is 13.2 Å². The molecule has 2 amide bonds. The number of thioether (sulfide) groups is 1. The molecule has 0 spiro atoms. The van der Waals surface area contributed by atoms with E-state index < -0.39 is 39.3 Å². The van der Waals surface area contributed by atoms with Crippen molar-refractivity contribution in [3.8, 4) is 5.75 Å². The largest absolute Gasteiger partial charge is 0.488 e. The topological polar surface area (TPSA) is 80.8 Å². The summed E-state index contributed by atoms with van der Waals surface area (Å²) in [5, 5.41) is -4.00. The highest BCUT2D eigenvalue weighted by atomic mass is 32.2. The van der Waals surface area contributed by atoms with E-state index >= 15 is 0 Å². The molecule has 3 aromatic rings. The molecule has 11 heteroatoms. The first-order valence-corrected chi connectivity index (χ1v) is 13.6. The van der Waals surface area contributed by atoms with Crippen LogP contribution in [0.15, 0.2) is 94.5 Å². The number of imide groups is 1. The average Bonchev–Trinajstić information content (AvgIpc) is 3.11. The molecule has 0 atom stereocenters. The molecule has 0 unspecified atom stereocenters. The average molecular weight is 548 g/mol. The second-order valence-corrected chi connectivity index (χ2v) is 11.3. The quantitative estimate of drug-likeness (QED) is 0.260. The number of amides is 2. The van der Waals surface area contributed by atoms with Crippen LogP contribution in [0.5, 0.6) is 5.75 Å². The van der Waals surface area contributed by atoms with E-state index in [9.17, 15) is 31.2 Å². The Balaban J connectivity index is 1.43. The van der Waals surface area contributed by atoms with Gasteiger partial charge in [0.1, 0.15) is 12.4 Å². The third-order valence-electron chi connectivity index (χ3n) is 5.44. The summed E-state index contributed by atoms with van der Waals surface area (Å²) >= 11 is -0.0763. The minimum Gasteiger partial charge on any atom is -0.488 e. The van der Waals surface area contributed by atoms with Gasteiger partial charge in [-0.15, -0.1) is 0 Å². The van der Waals surface area contributed by atoms with Gasteiger partial charge >= 0.3 is 5.25 Å². The lowest BCUT2D eigenvalue weighted by atomic mass is 10.1. The molecule has 0 aliphatic carbocycles. The number of alkyl halides is 2. The molecule has 4 rings (SSSR count). The number of hydrogen-bond acceptors (Lipinski definition) is 6. The number of halogens is 3. The third-order valence-corrected chi connectivity index (χ3v) is 7.58. The number of nitrogens with zero attached hydrogens (tertiary/aromatic N) is 1. The highest BCUT2D eigenvalue weighted by Gasteiger charge is 2.39. The summed E-state index contributed by atoms with van der Waals surface area (Å²) in [5.41, 5.74) is 0.880. The summed E-state index contributed by atoms with van der Waals surface area (Å²) in [6, 6.07) is 17.8. The second kappa shape index (κ2) is 10.4. The fourth-order valence-electron chi connectivity index (χ4n) is 3.53. The minimum atomic E-state index is -4.00. The predicted molar refractivity (Wildman–Crippen MR) is 132 cm³/mol. The maximum Gasteiger partial charge on any atom is 0.349 e. The van der Waals surface area contributed by atoms with Gasteiger partial charge in [-0.25, -0.2) is 12.8 Å². The van der Waals surface area contributed by atoms with E-state index in [0.717, 1.165) is 6.26 Å². The van der Waals surface area contributed by atoms with Crippen molar-refractivity contribution in [2.45, 2.75) is 21.7 Å². The van der Waals surface area contributed by atoms with Gasteiger partial charge in [-0.3, -0.25) is 14.5 Å². The predicted octanol–water partition coefficient (Wildman–Crippen LogP) is 5.50. The molecule has 0 fully saturated rings. The Kier molecular flexibility index (Phi) is 7.47. The normalized spacial score (nSPS) is 14.2. The van der Waals surface area contributed by atoms with Gasteiger partial charge in [0.25, 0.3) is 11.8 Å². The number of carbonyl (C=O) groups is 2. The molecule has 1 heterocycles. The summed E-state index contributed by atoms with van der Waals surface area (Å²) < 4.78 is 72.9. The zero-order valence-corrected chi connectivity index (χ0v) is 21.0. The van der Waals surface area contributed by atoms with Crippen molar-refractivity contribution in [3.63, 3.8) is 0 Å². The van der Waals surface area contributed by atoms with Gasteiger partial charge in [-0.05, 0) is 59.8 Å². The Morgan fingerprint density at radius 3 is 2.11 bits per heavy atom. The highest BCUT2D eigenvalue weighted by Crippen LogP contribution is 2.45. The van der Waals surface area contributed by atoms with Gasteiger partial charge in [0.05, 0.1) is 27.5 Å². The standard InChI is InChI=1S/C26H20F3NO5S2/c1-37(33,34)18-12-10-17(11-13-18)16-35-21-8-4-5-9-22(21)36-26(28,29)23(27)14-15-30-24(31)19-6-2-3-7-20(19)25(30)32/h2-14H,15-16H2,1H3/b23-14-. The highest BCUT2D eigenvalue weighted by molar-refractivity contribution is 8.00. The van der Waals surface area contributed by atoms with Crippen molar-refractivity contribution >= 4 is 33.4 Å². The van der Waals surface area contributed by atoms with Crippen molar-refractivity contribution in [1.29, 1.82) is 0 Å². The first-order valence-electron chi connectivity index (χ1n) is 10.9. The number of para-hydroxylation sites is 1. The molecule has 1 aliphatic heterocycles. The lowest BCUT2D eigenvalue weighted by Gasteiger charge is -2.18. The Bertz CT molecular complexity index is 1450. The van der Waals surface area contributed by atoms with Gasteiger partial charge in [-0.2, -0.15) is 8.78 Å². The zero-order valence-electron chi connectivity index (χ0n) is 19.4. The van der Waals surface area contributed by atoms with Crippen LogP contribution in [-0.4, -0.2) is 43.2 Å². The SMILES string of the molecule is CS(=O)(=O)c1ccc(COc2ccccc2SC(F)(F)/C(F)=C/CN2C(=O)c3ccccc3C2=O)cc1. The molecule has 0 aromatic heterocycles. The third kappa shape index (κ3) is 5.89. The maximum atomic E-state index is 14.8. The molecule has 37 heavy (non-hydrogen) atoms. The van der Waals surface area contributed by atoms with Crippen LogP contribution in [0.2, 0.25) is 0 Å². The van der Waals surface area contributed by atoms with Gasteiger partial charge in [-0.1, -0.05) is 36.4 Å². The van der Waals surface area contributed by atoms with Crippen LogP contribution in [-0.2, 0) is 16.4 Å². The molecular formula is C26H20F3NO5S2. The van der Waals surface area contributed by atoms with E-state index in [2.05, 4.69) is 0 Å². The Morgan fingerprint density at radius 1 is 0.946 bits per heavy atom. The van der Waals surface area contributed by atoms with E-state index in [1.54, 1.807) is 30.3 Å². The van der Waals surface area contributed by atoms with Gasteiger partial charge in [0.2, 0.25) is 0 Å². The number of rotatable bonds is 9. The first-order chi connectivity index (χ1) is 17.5. The zero-order chi connectivity index (χ0) is 26.8. The van der Waals surface area contributed by atoms with Gasteiger partial charge in [0, 0.05) is 6.26 Å². The van der Waals surface area contributed by atoms with Crippen molar-refractivity contribution in [3.05, 3.63) is 101 Å². The smallest absolute Gasteiger partial charge is 0.349 e. The molecule has 0 saturated carbocycles. The van der Waals surface area contributed by atoms with Crippen LogP contribution in [0, 0.1) is 0 Å². The van der Waals surface area contributed by atoms with Crippen molar-refractivity contribution in [2.24, 2.45) is 0 Å². The Morgan fingerprint density at radius 2 is 1.51 bits per heavy atom. The summed E-state index contributed by atoms with van der Waals surface area (Å²) in [7, 11) is -3.36.